The highest BCUT2D eigenvalue weighted by Gasteiger charge is 2.33. The predicted octanol–water partition coefficient (Wildman–Crippen LogP) is -11.7. The molecule has 11 amide bonds. The van der Waals surface area contributed by atoms with Crippen LogP contribution in [-0.2, 0) is 95.4 Å². The number of carboxylic acid groups (broad SMARTS) is 1. The molecule has 574 valence electrons. The molecular weight excluding hydrogens is 1340 g/mol. The van der Waals surface area contributed by atoms with E-state index in [1.54, 1.807) is 0 Å². The molecule has 41 heteroatoms. The van der Waals surface area contributed by atoms with E-state index in [0.717, 1.165) is 4.90 Å². The van der Waals surface area contributed by atoms with Crippen LogP contribution < -0.4 is 47.9 Å². The number of ether oxygens (including phenoxy) is 8. The van der Waals surface area contributed by atoms with Crippen LogP contribution in [-0.4, -0.2) is 364 Å². The van der Waals surface area contributed by atoms with Gasteiger partial charge >= 0.3 is 5.97 Å². The molecule has 1 aliphatic rings. The van der Waals surface area contributed by atoms with Crippen LogP contribution in [0.5, 0.6) is 0 Å². The Morgan fingerprint density at radius 1 is 0.360 bits per heavy atom. The number of carbonyl (C=O) groups is 12. The number of nitrogens with zero attached hydrogens (tertiary/aromatic N) is 1. The number of aliphatic hydroxyl groups is 10. The normalized spacial score (nSPS) is 15.0. The second-order valence-corrected chi connectivity index (χ2v) is 21.9. The van der Waals surface area contributed by atoms with Crippen molar-refractivity contribution >= 4 is 70.9 Å². The van der Waals surface area contributed by atoms with E-state index in [2.05, 4.69) is 47.9 Å². The van der Waals surface area contributed by atoms with Crippen molar-refractivity contribution in [2.45, 2.75) is 119 Å². The lowest BCUT2D eigenvalue weighted by atomic mass is 10.0. The number of rotatable bonds is 63. The van der Waals surface area contributed by atoms with Gasteiger partial charge in [-0.1, -0.05) is 6.42 Å². The summed E-state index contributed by atoms with van der Waals surface area (Å²) in [5.74, 6) is -8.68. The van der Waals surface area contributed by atoms with Gasteiger partial charge in [0.2, 0.25) is 53.2 Å². The molecule has 1 rings (SSSR count). The van der Waals surface area contributed by atoms with Crippen LogP contribution in [0, 0.1) is 0 Å². The van der Waals surface area contributed by atoms with Crippen LogP contribution in [0.4, 0.5) is 0 Å². The summed E-state index contributed by atoms with van der Waals surface area (Å²) in [5, 5.41) is 127. The molecule has 100 heavy (non-hydrogen) atoms. The zero-order valence-electron chi connectivity index (χ0n) is 55.7. The van der Waals surface area contributed by atoms with Crippen LogP contribution in [0.3, 0.4) is 0 Å². The van der Waals surface area contributed by atoms with Gasteiger partial charge < -0.3 is 142 Å². The van der Waals surface area contributed by atoms with Crippen LogP contribution in [0.1, 0.15) is 57.8 Å². The van der Waals surface area contributed by atoms with Crippen molar-refractivity contribution in [3.63, 3.8) is 0 Å². The molecule has 10 atom stereocenters. The molecule has 0 aliphatic carbocycles. The average Bonchev–Trinajstić information content (AvgIpc) is 1.59. The molecule has 41 nitrogen and oxygen atoms in total. The highest BCUT2D eigenvalue weighted by atomic mass is 16.6. The first kappa shape index (κ1) is 90.9. The SMILES string of the molecule is O=C(O)CC[C@H](NC(=O)CCCCCN1C(=O)C=CC1=O)C(=O)NCC(=O)NCC(=O)NCC(=O)NCC(=O)NCCOCCOCCOCCOCCOCCOCCOCCOCCC(=O)N[C@@H](CCC(=O)NC[C@H](O)[C@@H](O)[C@H](O)[C@H](O)CO)C(=O)NC[C@H](O)[C@@H](O)[C@H](O)[C@H](O)CO. The Morgan fingerprint density at radius 2 is 0.710 bits per heavy atom. The maximum atomic E-state index is 13.0. The molecule has 0 bridgehead atoms. The second-order valence-electron chi connectivity index (χ2n) is 21.9. The van der Waals surface area contributed by atoms with Crippen molar-refractivity contribution in [3.8, 4) is 0 Å². The number of imide groups is 1. The van der Waals surface area contributed by atoms with E-state index in [1.807, 2.05) is 0 Å². The number of carboxylic acids is 1. The minimum atomic E-state index is -2.00. The fraction of sp³-hybridized carbons (Fsp3) is 0.763. The summed E-state index contributed by atoms with van der Waals surface area (Å²) in [5.41, 5.74) is 0. The monoisotopic (exact) mass is 1450 g/mol. The Kier molecular flexibility index (Phi) is 51.3. The minimum Gasteiger partial charge on any atom is -0.481 e. The molecule has 0 unspecified atom stereocenters. The Hall–Kier alpha value is -7.14. The van der Waals surface area contributed by atoms with Gasteiger partial charge in [-0.2, -0.15) is 0 Å². The van der Waals surface area contributed by atoms with E-state index in [-0.39, 0.29) is 98.2 Å². The van der Waals surface area contributed by atoms with Gasteiger partial charge in [0.1, 0.15) is 48.7 Å². The summed E-state index contributed by atoms with van der Waals surface area (Å²) < 4.78 is 43.5. The third kappa shape index (κ3) is 44.9. The third-order valence-corrected chi connectivity index (χ3v) is 13.8. The van der Waals surface area contributed by atoms with Gasteiger partial charge in [0.05, 0.1) is 157 Å². The maximum Gasteiger partial charge on any atom is 0.303 e. The van der Waals surface area contributed by atoms with Crippen molar-refractivity contribution < 1.29 is 152 Å². The van der Waals surface area contributed by atoms with E-state index in [0.29, 0.717) is 65.5 Å². The summed E-state index contributed by atoms with van der Waals surface area (Å²) in [6, 6.07) is -2.70. The second kappa shape index (κ2) is 56.5. The summed E-state index contributed by atoms with van der Waals surface area (Å²) >= 11 is 0. The zero-order chi connectivity index (χ0) is 74.5. The lowest BCUT2D eigenvalue weighted by molar-refractivity contribution is -0.138. The smallest absolute Gasteiger partial charge is 0.303 e. The number of hydrogen-bond donors (Lipinski definition) is 20. The molecule has 0 aromatic heterocycles. The average molecular weight is 1450 g/mol. The van der Waals surface area contributed by atoms with Crippen molar-refractivity contribution in [2.75, 3.05) is 171 Å². The standard InChI is InChI=1S/C59H102N10O31/c70-36-42(74)56(89)54(87)40(72)30-61-44(76)7-5-38(58(91)65-31-41(73)55(88)57(90)43(75)37-71)68-46(78)11-14-93-16-18-95-20-22-97-24-26-99-28-29-100-27-25-98-23-21-96-19-17-94-15-12-60-47(79)32-62-48(80)33-63-49(81)34-64-50(82)35-66-59(92)39(6-10-53(85)86)67-45(77)4-2-1-3-13-69-51(83)8-9-52(69)84/h8-9,38-43,54-57,70-75,87-90H,1-7,10-37H2,(H,60,79)(H,61,76)(H,62,80)(H,63,81)(H,64,82)(H,65,91)(H,66,92)(H,67,77)(H,68,78)(H,85,86)/t38-,39-,40-,41-,42+,43+,54+,55+,56+,57+/m0/s1. The van der Waals surface area contributed by atoms with Gasteiger partial charge in [-0.3, -0.25) is 62.4 Å². The van der Waals surface area contributed by atoms with E-state index in [4.69, 9.17) is 53.2 Å². The summed E-state index contributed by atoms with van der Waals surface area (Å²) in [4.78, 5) is 148. The Bertz CT molecular complexity index is 2440. The quantitative estimate of drug-likeness (QED) is 0.0199. The number of carbonyl (C=O) groups excluding carboxylic acids is 11. The first-order valence-corrected chi connectivity index (χ1v) is 32.3. The Balaban J connectivity index is 2.07. The van der Waals surface area contributed by atoms with Crippen LogP contribution in [0.15, 0.2) is 12.2 Å². The van der Waals surface area contributed by atoms with Crippen molar-refractivity contribution in [1.82, 2.24) is 52.8 Å². The molecule has 0 fully saturated rings. The third-order valence-electron chi connectivity index (χ3n) is 13.8. The number of unbranched alkanes of at least 4 members (excludes halogenated alkanes) is 2. The predicted molar refractivity (Wildman–Crippen MR) is 339 cm³/mol. The van der Waals surface area contributed by atoms with Crippen LogP contribution >= 0.6 is 0 Å². The number of hydrogen-bond acceptors (Lipinski definition) is 30. The first-order valence-electron chi connectivity index (χ1n) is 32.3. The summed E-state index contributed by atoms with van der Waals surface area (Å²) in [6.45, 7) is -1.25. The molecule has 0 aromatic rings. The molecular formula is C59H102N10O31. The topological polar surface area (TPSA) is 613 Å². The Labute approximate surface area is 576 Å². The summed E-state index contributed by atoms with van der Waals surface area (Å²) in [7, 11) is 0. The van der Waals surface area contributed by atoms with Gasteiger partial charge in [-0.25, -0.2) is 0 Å². The van der Waals surface area contributed by atoms with Gasteiger partial charge in [0.25, 0.3) is 11.8 Å². The fourth-order valence-corrected chi connectivity index (χ4v) is 8.15. The zero-order valence-corrected chi connectivity index (χ0v) is 55.7. The highest BCUT2D eigenvalue weighted by Crippen LogP contribution is 2.10. The Morgan fingerprint density at radius 3 is 1.13 bits per heavy atom. The van der Waals surface area contributed by atoms with E-state index >= 15 is 0 Å². The van der Waals surface area contributed by atoms with Crippen molar-refractivity contribution in [3.05, 3.63) is 12.2 Å². The fourth-order valence-electron chi connectivity index (χ4n) is 8.15. The minimum absolute atomic E-state index is 0.0300. The number of amides is 11. The maximum absolute atomic E-state index is 13.0. The van der Waals surface area contributed by atoms with Gasteiger partial charge in [0.15, 0.2) is 0 Å². The molecule has 0 saturated carbocycles. The molecule has 20 N–H and O–H groups in total. The van der Waals surface area contributed by atoms with Crippen LogP contribution in [0.25, 0.3) is 0 Å². The lowest BCUT2D eigenvalue weighted by Crippen LogP contribution is -2.53. The molecule has 0 spiro atoms. The largest absolute Gasteiger partial charge is 0.481 e. The van der Waals surface area contributed by atoms with Crippen LogP contribution in [0.2, 0.25) is 0 Å². The van der Waals surface area contributed by atoms with E-state index in [9.17, 15) is 98.4 Å². The molecule has 0 aromatic carbocycles. The number of aliphatic carboxylic acids is 1. The molecule has 1 aliphatic heterocycles. The van der Waals surface area contributed by atoms with Crippen molar-refractivity contribution in [1.29, 1.82) is 0 Å². The number of nitrogens with one attached hydrogen (secondary N) is 9. The van der Waals surface area contributed by atoms with Gasteiger partial charge in [-0.15, -0.1) is 0 Å². The van der Waals surface area contributed by atoms with E-state index in [1.165, 1.54) is 12.2 Å². The summed E-state index contributed by atoms with van der Waals surface area (Å²) in [6.07, 6.45) is -13.3. The first-order chi connectivity index (χ1) is 47.8. The van der Waals surface area contributed by atoms with Gasteiger partial charge in [0, 0.05) is 64.0 Å². The van der Waals surface area contributed by atoms with Gasteiger partial charge in [-0.05, 0) is 25.7 Å². The number of aliphatic hydroxyl groups excluding tert-OH is 10. The van der Waals surface area contributed by atoms with E-state index < -0.39 is 197 Å². The molecule has 0 radical (unpaired) electrons. The van der Waals surface area contributed by atoms with Crippen molar-refractivity contribution in [2.24, 2.45) is 0 Å². The lowest BCUT2D eigenvalue weighted by Gasteiger charge is -2.26. The highest BCUT2D eigenvalue weighted by molar-refractivity contribution is 6.12. The molecule has 1 heterocycles. The molecule has 0 saturated heterocycles.